The third kappa shape index (κ3) is 3.72. The second-order valence-electron chi connectivity index (χ2n) is 5.48. The van der Waals surface area contributed by atoms with Crippen molar-refractivity contribution in [2.75, 3.05) is 26.2 Å². The molecule has 0 spiro atoms. The molecule has 0 saturated carbocycles. The first-order chi connectivity index (χ1) is 7.74. The van der Waals surface area contributed by atoms with E-state index >= 15 is 0 Å². The highest BCUT2D eigenvalue weighted by Gasteiger charge is 2.22. The molecule has 0 radical (unpaired) electrons. The summed E-state index contributed by atoms with van der Waals surface area (Å²) in [6.45, 7) is 9.24. The SMILES string of the molecule is CC(CN1CCCC1)NC1CCOC(C)C1. The van der Waals surface area contributed by atoms with Crippen LogP contribution in [0.25, 0.3) is 0 Å². The Morgan fingerprint density at radius 1 is 1.38 bits per heavy atom. The number of hydrogen-bond donors (Lipinski definition) is 1. The normalized spacial score (nSPS) is 34.1. The van der Waals surface area contributed by atoms with Crippen LogP contribution in [-0.2, 0) is 4.74 Å². The largest absolute Gasteiger partial charge is 0.378 e. The highest BCUT2D eigenvalue weighted by molar-refractivity contribution is 4.80. The Bertz CT molecular complexity index is 204. The van der Waals surface area contributed by atoms with Crippen LogP contribution in [0.3, 0.4) is 0 Å². The van der Waals surface area contributed by atoms with Crippen LogP contribution in [0.1, 0.15) is 39.5 Å². The average molecular weight is 226 g/mol. The van der Waals surface area contributed by atoms with E-state index in [2.05, 4.69) is 24.1 Å². The van der Waals surface area contributed by atoms with Gasteiger partial charge in [0.25, 0.3) is 0 Å². The maximum atomic E-state index is 5.57. The van der Waals surface area contributed by atoms with Gasteiger partial charge >= 0.3 is 0 Å². The Balaban J connectivity index is 1.67. The molecule has 2 saturated heterocycles. The zero-order chi connectivity index (χ0) is 11.4. The molecule has 3 heteroatoms. The molecule has 3 nitrogen and oxygen atoms in total. The second kappa shape index (κ2) is 5.99. The molecule has 94 valence electrons. The molecule has 2 aliphatic rings. The zero-order valence-corrected chi connectivity index (χ0v) is 10.7. The Kier molecular flexibility index (Phi) is 4.62. The zero-order valence-electron chi connectivity index (χ0n) is 10.7. The molecule has 3 atom stereocenters. The smallest absolute Gasteiger partial charge is 0.0561 e. The molecule has 2 heterocycles. The van der Waals surface area contributed by atoms with E-state index < -0.39 is 0 Å². The Hall–Kier alpha value is -0.120. The Morgan fingerprint density at radius 3 is 2.81 bits per heavy atom. The lowest BCUT2D eigenvalue weighted by Gasteiger charge is -2.31. The molecule has 0 aromatic carbocycles. The van der Waals surface area contributed by atoms with Gasteiger partial charge in [-0.2, -0.15) is 0 Å². The van der Waals surface area contributed by atoms with Crippen LogP contribution in [0.2, 0.25) is 0 Å². The molecular formula is C13H26N2O. The van der Waals surface area contributed by atoms with Crippen LogP contribution in [0, 0.1) is 0 Å². The molecule has 0 aromatic rings. The van der Waals surface area contributed by atoms with Crippen molar-refractivity contribution in [3.63, 3.8) is 0 Å². The van der Waals surface area contributed by atoms with E-state index in [0.29, 0.717) is 18.2 Å². The molecule has 0 bridgehead atoms. The number of likely N-dealkylation sites (tertiary alicyclic amines) is 1. The first-order valence-electron chi connectivity index (χ1n) is 6.84. The van der Waals surface area contributed by atoms with Gasteiger partial charge in [-0.25, -0.2) is 0 Å². The molecule has 0 aliphatic carbocycles. The van der Waals surface area contributed by atoms with Gasteiger partial charge in [0, 0.05) is 25.2 Å². The van der Waals surface area contributed by atoms with Crippen molar-refractivity contribution in [1.82, 2.24) is 10.2 Å². The molecule has 2 aliphatic heterocycles. The van der Waals surface area contributed by atoms with Crippen molar-refractivity contribution in [2.45, 2.75) is 57.7 Å². The molecule has 3 unspecified atom stereocenters. The monoisotopic (exact) mass is 226 g/mol. The van der Waals surface area contributed by atoms with E-state index in [1.54, 1.807) is 0 Å². The standard InChI is InChI=1S/C13H26N2O/c1-11(10-15-6-3-4-7-15)14-13-5-8-16-12(2)9-13/h11-14H,3-10H2,1-2H3. The summed E-state index contributed by atoms with van der Waals surface area (Å²) in [5.74, 6) is 0. The van der Waals surface area contributed by atoms with Crippen LogP contribution >= 0.6 is 0 Å². The first kappa shape index (κ1) is 12.3. The lowest BCUT2D eigenvalue weighted by atomic mass is 10.0. The summed E-state index contributed by atoms with van der Waals surface area (Å²) in [6, 6.07) is 1.29. The number of nitrogens with zero attached hydrogens (tertiary/aromatic N) is 1. The van der Waals surface area contributed by atoms with Gasteiger partial charge < -0.3 is 15.0 Å². The molecule has 2 fully saturated rings. The van der Waals surface area contributed by atoms with Gasteiger partial charge in [-0.3, -0.25) is 0 Å². The van der Waals surface area contributed by atoms with Gasteiger partial charge in [0.15, 0.2) is 0 Å². The molecular weight excluding hydrogens is 200 g/mol. The number of rotatable bonds is 4. The van der Waals surface area contributed by atoms with Crippen LogP contribution < -0.4 is 5.32 Å². The van der Waals surface area contributed by atoms with Crippen LogP contribution in [0.15, 0.2) is 0 Å². The maximum Gasteiger partial charge on any atom is 0.0561 e. The molecule has 1 N–H and O–H groups in total. The fraction of sp³-hybridized carbons (Fsp3) is 1.00. The van der Waals surface area contributed by atoms with Crippen molar-refractivity contribution in [1.29, 1.82) is 0 Å². The average Bonchev–Trinajstić information content (AvgIpc) is 2.70. The van der Waals surface area contributed by atoms with Crippen LogP contribution in [0.5, 0.6) is 0 Å². The van der Waals surface area contributed by atoms with Crippen LogP contribution in [0.4, 0.5) is 0 Å². The quantitative estimate of drug-likeness (QED) is 0.788. The van der Waals surface area contributed by atoms with Gasteiger partial charge in [0.05, 0.1) is 6.10 Å². The molecule has 0 aromatic heterocycles. The number of hydrogen-bond acceptors (Lipinski definition) is 3. The van der Waals surface area contributed by atoms with E-state index in [-0.39, 0.29) is 0 Å². The minimum Gasteiger partial charge on any atom is -0.378 e. The summed E-state index contributed by atoms with van der Waals surface area (Å²) in [6.07, 6.45) is 5.56. The van der Waals surface area contributed by atoms with Gasteiger partial charge in [-0.1, -0.05) is 0 Å². The first-order valence-corrected chi connectivity index (χ1v) is 6.84. The van der Waals surface area contributed by atoms with Crippen molar-refractivity contribution >= 4 is 0 Å². The Labute approximate surface area is 99.5 Å². The van der Waals surface area contributed by atoms with Crippen LogP contribution in [-0.4, -0.2) is 49.3 Å². The summed E-state index contributed by atoms with van der Waals surface area (Å²) >= 11 is 0. The molecule has 0 amide bonds. The van der Waals surface area contributed by atoms with E-state index in [0.717, 1.165) is 6.61 Å². The van der Waals surface area contributed by atoms with E-state index in [1.807, 2.05) is 0 Å². The minimum atomic E-state index is 0.435. The topological polar surface area (TPSA) is 24.5 Å². The van der Waals surface area contributed by atoms with Crippen molar-refractivity contribution in [3.8, 4) is 0 Å². The Morgan fingerprint density at radius 2 is 2.12 bits per heavy atom. The van der Waals surface area contributed by atoms with Crippen molar-refractivity contribution in [2.24, 2.45) is 0 Å². The third-order valence-corrected chi connectivity index (χ3v) is 3.74. The highest BCUT2D eigenvalue weighted by atomic mass is 16.5. The fourth-order valence-electron chi connectivity index (χ4n) is 2.96. The van der Waals surface area contributed by atoms with Crippen molar-refractivity contribution < 1.29 is 4.74 Å². The second-order valence-corrected chi connectivity index (χ2v) is 5.48. The van der Waals surface area contributed by atoms with Gasteiger partial charge in [-0.15, -0.1) is 0 Å². The number of nitrogens with one attached hydrogen (secondary N) is 1. The molecule has 2 rings (SSSR count). The summed E-state index contributed by atoms with van der Waals surface area (Å²) < 4.78 is 5.57. The van der Waals surface area contributed by atoms with Crippen molar-refractivity contribution in [3.05, 3.63) is 0 Å². The van der Waals surface area contributed by atoms with E-state index in [4.69, 9.17) is 4.74 Å². The van der Waals surface area contributed by atoms with Gasteiger partial charge in [0.1, 0.15) is 0 Å². The van der Waals surface area contributed by atoms with Gasteiger partial charge in [0.2, 0.25) is 0 Å². The predicted molar refractivity (Wildman–Crippen MR) is 66.7 cm³/mol. The number of ether oxygens (including phenoxy) is 1. The summed E-state index contributed by atoms with van der Waals surface area (Å²) in [7, 11) is 0. The minimum absolute atomic E-state index is 0.435. The van der Waals surface area contributed by atoms with Gasteiger partial charge in [-0.05, 0) is 52.6 Å². The molecule has 16 heavy (non-hydrogen) atoms. The summed E-state index contributed by atoms with van der Waals surface area (Å²) in [5.41, 5.74) is 0. The van der Waals surface area contributed by atoms with E-state index in [1.165, 1.54) is 45.3 Å². The summed E-state index contributed by atoms with van der Waals surface area (Å²) in [5, 5.41) is 3.75. The summed E-state index contributed by atoms with van der Waals surface area (Å²) in [4.78, 5) is 2.58. The lowest BCUT2D eigenvalue weighted by molar-refractivity contribution is 0.0110. The fourth-order valence-corrected chi connectivity index (χ4v) is 2.96. The highest BCUT2D eigenvalue weighted by Crippen LogP contribution is 2.14. The lowest BCUT2D eigenvalue weighted by Crippen LogP contribution is -2.46. The maximum absolute atomic E-state index is 5.57. The predicted octanol–water partition coefficient (Wildman–Crippen LogP) is 1.63. The van der Waals surface area contributed by atoms with E-state index in [9.17, 15) is 0 Å². The third-order valence-electron chi connectivity index (χ3n) is 3.74.